The molecule has 3 aromatic carbocycles. The van der Waals surface area contributed by atoms with E-state index in [0.717, 1.165) is 43.3 Å². The van der Waals surface area contributed by atoms with E-state index < -0.39 is 0 Å². The lowest BCUT2D eigenvalue weighted by Crippen LogP contribution is -2.25. The SMILES string of the molecule is CCCCCCCCC1(CCCCCCCC)c2cc(C)ccc2-c2ccc(-c3ccc(-c4ccc(-c5ccc(C)s5)c5nc(-c6ccc(C)s6)c(-c6ccc(C)s6)nc45)s3)cc21. The topological polar surface area (TPSA) is 25.8 Å². The fourth-order valence-electron chi connectivity index (χ4n) is 10.1. The highest BCUT2D eigenvalue weighted by molar-refractivity contribution is 7.19. The smallest absolute Gasteiger partial charge is 0.108 e. The second-order valence-electron chi connectivity index (χ2n) is 18.1. The first kappa shape index (κ1) is 44.0. The van der Waals surface area contributed by atoms with Gasteiger partial charge in [0.2, 0.25) is 0 Å². The minimum Gasteiger partial charge on any atom is -0.242 e. The number of rotatable bonds is 19. The average molecular weight is 903 g/mol. The summed E-state index contributed by atoms with van der Waals surface area (Å²) in [5.41, 5.74) is 15.0. The molecular weight excluding hydrogens is 841 g/mol. The van der Waals surface area contributed by atoms with Crippen molar-refractivity contribution in [2.75, 3.05) is 0 Å². The van der Waals surface area contributed by atoms with Crippen LogP contribution >= 0.6 is 45.3 Å². The van der Waals surface area contributed by atoms with Crippen molar-refractivity contribution >= 4 is 56.4 Å². The second-order valence-corrected chi connectivity index (χ2v) is 23.0. The van der Waals surface area contributed by atoms with E-state index in [1.807, 2.05) is 22.7 Å². The first-order valence-electron chi connectivity index (χ1n) is 23.7. The molecule has 2 nitrogen and oxygen atoms in total. The van der Waals surface area contributed by atoms with Crippen LogP contribution in [-0.4, -0.2) is 9.97 Å². The quantitative estimate of drug-likeness (QED) is 0.0756. The van der Waals surface area contributed by atoms with E-state index in [2.05, 4.69) is 139 Å². The van der Waals surface area contributed by atoms with Gasteiger partial charge in [-0.25, -0.2) is 9.97 Å². The molecule has 1 aliphatic rings. The normalized spacial score (nSPS) is 13.0. The van der Waals surface area contributed by atoms with Crippen LogP contribution in [0.15, 0.2) is 97.1 Å². The predicted octanol–water partition coefficient (Wildman–Crippen LogP) is 19.2. The van der Waals surface area contributed by atoms with Gasteiger partial charge in [0, 0.05) is 45.8 Å². The molecular formula is C57H62N2S4. The predicted molar refractivity (Wildman–Crippen MR) is 279 cm³/mol. The monoisotopic (exact) mass is 902 g/mol. The summed E-state index contributed by atoms with van der Waals surface area (Å²) in [6.45, 7) is 13.5. The zero-order chi connectivity index (χ0) is 43.5. The highest BCUT2D eigenvalue weighted by atomic mass is 32.1. The van der Waals surface area contributed by atoms with Crippen LogP contribution in [0.1, 0.15) is 135 Å². The van der Waals surface area contributed by atoms with Gasteiger partial charge in [0.25, 0.3) is 0 Å². The Morgan fingerprint density at radius 2 is 0.825 bits per heavy atom. The molecule has 0 fully saturated rings. The molecule has 0 bridgehead atoms. The van der Waals surface area contributed by atoms with E-state index in [0.29, 0.717) is 0 Å². The molecule has 5 heterocycles. The zero-order valence-corrected chi connectivity index (χ0v) is 41.4. The van der Waals surface area contributed by atoms with Gasteiger partial charge in [0.1, 0.15) is 11.4 Å². The number of thiophene rings is 4. The van der Waals surface area contributed by atoms with Crippen LogP contribution in [0.2, 0.25) is 0 Å². The standard InChI is InChI=1S/C57H62N2S4/c1-7-9-11-13-15-17-33-57(34-18-16-14-12-10-8-2)46-35-37(3)19-24-42(46)43-25-23-41(36-47(43)57)48-31-32-50(63-48)45-27-26-44(49-28-20-38(4)60-49)53-54(45)59-56(52-30-22-40(6)62-52)55(58-53)51-29-21-39(5)61-51/h19-32,35-36H,7-18,33-34H2,1-6H3. The Bertz CT molecular complexity index is 2830. The van der Waals surface area contributed by atoms with Gasteiger partial charge in [-0.05, 0) is 123 Å². The molecule has 63 heavy (non-hydrogen) atoms. The van der Waals surface area contributed by atoms with Gasteiger partial charge in [0.05, 0.1) is 20.8 Å². The number of hydrogen-bond acceptors (Lipinski definition) is 6. The molecule has 0 N–H and O–H groups in total. The lowest BCUT2D eigenvalue weighted by molar-refractivity contribution is 0.398. The number of hydrogen-bond donors (Lipinski definition) is 0. The number of aryl methyl sites for hydroxylation is 4. The fourth-order valence-corrected chi connectivity index (χ4v) is 13.7. The van der Waals surface area contributed by atoms with E-state index in [1.54, 1.807) is 33.8 Å². The molecule has 0 saturated carbocycles. The molecule has 9 rings (SSSR count). The van der Waals surface area contributed by atoms with Crippen LogP contribution in [0.5, 0.6) is 0 Å². The number of unbranched alkanes of at least 4 members (excludes halogenated alkanes) is 10. The van der Waals surface area contributed by atoms with E-state index >= 15 is 0 Å². The van der Waals surface area contributed by atoms with Gasteiger partial charge >= 0.3 is 0 Å². The summed E-state index contributed by atoms with van der Waals surface area (Å²) in [4.78, 5) is 21.2. The van der Waals surface area contributed by atoms with Gasteiger partial charge in [0.15, 0.2) is 0 Å². The van der Waals surface area contributed by atoms with Gasteiger partial charge in [-0.3, -0.25) is 0 Å². The van der Waals surface area contributed by atoms with E-state index in [4.69, 9.17) is 9.97 Å². The molecule has 0 saturated heterocycles. The molecule has 0 amide bonds. The van der Waals surface area contributed by atoms with Gasteiger partial charge in [-0.15, -0.1) is 45.3 Å². The van der Waals surface area contributed by atoms with Crippen molar-refractivity contribution in [2.24, 2.45) is 0 Å². The lowest BCUT2D eigenvalue weighted by Gasteiger charge is -2.33. The fraction of sp³-hybridized carbons (Fsp3) is 0.368. The molecule has 5 aromatic heterocycles. The highest BCUT2D eigenvalue weighted by Crippen LogP contribution is 2.56. The van der Waals surface area contributed by atoms with Gasteiger partial charge in [-0.2, -0.15) is 0 Å². The number of nitrogens with zero attached hydrogens (tertiary/aromatic N) is 2. The molecule has 0 atom stereocenters. The first-order valence-corrected chi connectivity index (χ1v) is 26.9. The Hall–Kier alpha value is -4.20. The van der Waals surface area contributed by atoms with Crippen LogP contribution < -0.4 is 0 Å². The van der Waals surface area contributed by atoms with Crippen LogP contribution in [0.25, 0.3) is 74.6 Å². The summed E-state index contributed by atoms with van der Waals surface area (Å²) in [5, 5.41) is 0. The number of benzene rings is 3. The molecule has 0 unspecified atom stereocenters. The Kier molecular flexibility index (Phi) is 13.6. The maximum Gasteiger partial charge on any atom is 0.108 e. The van der Waals surface area contributed by atoms with Crippen molar-refractivity contribution in [3.05, 3.63) is 128 Å². The summed E-state index contributed by atoms with van der Waals surface area (Å²) in [7, 11) is 0. The zero-order valence-electron chi connectivity index (χ0n) is 38.2. The average Bonchev–Trinajstić information content (AvgIpc) is 4.15. The van der Waals surface area contributed by atoms with Crippen LogP contribution in [0.3, 0.4) is 0 Å². The van der Waals surface area contributed by atoms with E-state index in [-0.39, 0.29) is 5.41 Å². The molecule has 6 heteroatoms. The van der Waals surface area contributed by atoms with Gasteiger partial charge < -0.3 is 0 Å². The van der Waals surface area contributed by atoms with Crippen molar-refractivity contribution in [3.8, 4) is 63.6 Å². The molecule has 0 aliphatic heterocycles. The molecule has 324 valence electrons. The minimum absolute atomic E-state index is 0.0550. The Balaban J connectivity index is 1.14. The van der Waals surface area contributed by atoms with Crippen LogP contribution in [-0.2, 0) is 5.41 Å². The van der Waals surface area contributed by atoms with Crippen molar-refractivity contribution in [1.29, 1.82) is 0 Å². The molecule has 8 aromatic rings. The van der Waals surface area contributed by atoms with Crippen molar-refractivity contribution in [3.63, 3.8) is 0 Å². The van der Waals surface area contributed by atoms with Gasteiger partial charge in [-0.1, -0.05) is 139 Å². The van der Waals surface area contributed by atoms with Crippen molar-refractivity contribution in [1.82, 2.24) is 9.97 Å². The highest BCUT2D eigenvalue weighted by Gasteiger charge is 2.42. The first-order chi connectivity index (χ1) is 30.8. The Morgan fingerprint density at radius 3 is 1.35 bits per heavy atom. The molecule has 0 spiro atoms. The Morgan fingerprint density at radius 1 is 0.397 bits per heavy atom. The third kappa shape index (κ3) is 9.08. The van der Waals surface area contributed by atoms with Crippen molar-refractivity contribution in [2.45, 2.75) is 137 Å². The summed E-state index contributed by atoms with van der Waals surface area (Å²) in [6, 6.07) is 37.4. The number of fused-ring (bicyclic) bond motifs is 4. The van der Waals surface area contributed by atoms with Crippen LogP contribution in [0, 0.1) is 27.7 Å². The van der Waals surface area contributed by atoms with E-state index in [1.165, 1.54) is 141 Å². The van der Waals surface area contributed by atoms with Crippen molar-refractivity contribution < 1.29 is 0 Å². The largest absolute Gasteiger partial charge is 0.242 e. The third-order valence-electron chi connectivity index (χ3n) is 13.4. The molecule has 0 radical (unpaired) electrons. The Labute approximate surface area is 392 Å². The summed E-state index contributed by atoms with van der Waals surface area (Å²) in [6.07, 6.45) is 18.4. The molecule has 1 aliphatic carbocycles. The summed E-state index contributed by atoms with van der Waals surface area (Å²) >= 11 is 7.33. The minimum atomic E-state index is 0.0550. The summed E-state index contributed by atoms with van der Waals surface area (Å²) in [5.74, 6) is 0. The van der Waals surface area contributed by atoms with E-state index in [9.17, 15) is 0 Å². The third-order valence-corrected chi connectivity index (χ3v) is 17.6. The second kappa shape index (κ2) is 19.5. The van der Waals surface area contributed by atoms with Crippen LogP contribution in [0.4, 0.5) is 0 Å². The lowest BCUT2D eigenvalue weighted by atomic mass is 9.70. The number of aromatic nitrogens is 2. The maximum absolute atomic E-state index is 5.66. The summed E-state index contributed by atoms with van der Waals surface area (Å²) < 4.78 is 0. The maximum atomic E-state index is 5.66.